The van der Waals surface area contributed by atoms with E-state index in [1.165, 1.54) is 19.3 Å². The van der Waals surface area contributed by atoms with Gasteiger partial charge in [0.25, 0.3) is 0 Å². The first-order valence-corrected chi connectivity index (χ1v) is 8.09. The Morgan fingerprint density at radius 2 is 2.11 bits per heavy atom. The first-order valence-electron chi connectivity index (χ1n) is 6.81. The molecule has 0 N–H and O–H groups in total. The van der Waals surface area contributed by atoms with Crippen LogP contribution in [0, 0.1) is 0 Å². The van der Waals surface area contributed by atoms with Gasteiger partial charge in [-0.05, 0) is 26.1 Å². The third-order valence-corrected chi connectivity index (χ3v) is 5.19. The summed E-state index contributed by atoms with van der Waals surface area (Å²) in [6.45, 7) is 3.44. The number of ether oxygens (including phenoxy) is 1. The van der Waals surface area contributed by atoms with Crippen molar-refractivity contribution < 1.29 is 9.53 Å². The lowest BCUT2D eigenvalue weighted by Gasteiger charge is -2.32. The third-order valence-electron chi connectivity index (χ3n) is 4.04. The second kappa shape index (κ2) is 6.78. The molecule has 1 aliphatic carbocycles. The number of nitrogens with zero attached hydrogens (tertiary/aromatic N) is 2. The normalized spacial score (nSPS) is 28.9. The van der Waals surface area contributed by atoms with Crippen LogP contribution in [0.15, 0.2) is 0 Å². The van der Waals surface area contributed by atoms with E-state index in [-0.39, 0.29) is 5.91 Å². The molecule has 0 aromatic heterocycles. The zero-order valence-corrected chi connectivity index (χ0v) is 12.2. The number of morpholine rings is 1. The molecule has 104 valence electrons. The average Bonchev–Trinajstić information content (AvgIpc) is 2.88. The summed E-state index contributed by atoms with van der Waals surface area (Å²) in [6, 6.07) is 0.574. The monoisotopic (exact) mass is 272 g/mol. The molecule has 4 nitrogen and oxygen atoms in total. The Bertz CT molecular complexity index is 282. The van der Waals surface area contributed by atoms with Crippen LogP contribution in [0.2, 0.25) is 0 Å². The van der Waals surface area contributed by atoms with Gasteiger partial charge in [-0.1, -0.05) is 6.42 Å². The Hall–Kier alpha value is -0.260. The SMILES string of the molecule is CS[C@@H]1CCC[C@@H]1N(C)CC(=O)N1CCOCC1. The Morgan fingerprint density at radius 3 is 2.78 bits per heavy atom. The van der Waals surface area contributed by atoms with Gasteiger partial charge in [0.1, 0.15) is 0 Å². The highest BCUT2D eigenvalue weighted by molar-refractivity contribution is 7.99. The van der Waals surface area contributed by atoms with Gasteiger partial charge in [-0.3, -0.25) is 9.69 Å². The Morgan fingerprint density at radius 1 is 1.39 bits per heavy atom. The van der Waals surface area contributed by atoms with Crippen LogP contribution in [-0.2, 0) is 9.53 Å². The van der Waals surface area contributed by atoms with E-state index in [9.17, 15) is 4.79 Å². The average molecular weight is 272 g/mol. The van der Waals surface area contributed by atoms with Crippen LogP contribution in [0.3, 0.4) is 0 Å². The number of likely N-dealkylation sites (N-methyl/N-ethyl adjacent to an activating group) is 1. The number of rotatable bonds is 4. The van der Waals surface area contributed by atoms with Crippen LogP contribution in [0.5, 0.6) is 0 Å². The first-order chi connectivity index (χ1) is 8.72. The maximum atomic E-state index is 12.2. The van der Waals surface area contributed by atoms with E-state index in [0.717, 1.165) is 13.1 Å². The summed E-state index contributed by atoms with van der Waals surface area (Å²) >= 11 is 1.94. The van der Waals surface area contributed by atoms with Crippen molar-refractivity contribution >= 4 is 17.7 Å². The summed E-state index contributed by atoms with van der Waals surface area (Å²) in [5.74, 6) is 0.257. The van der Waals surface area contributed by atoms with E-state index in [2.05, 4.69) is 18.2 Å². The van der Waals surface area contributed by atoms with Crippen LogP contribution < -0.4 is 0 Å². The Labute approximate surface area is 114 Å². The molecule has 5 heteroatoms. The molecule has 2 aliphatic rings. The fourth-order valence-corrected chi connectivity index (χ4v) is 3.99. The Balaban J connectivity index is 1.82. The van der Waals surface area contributed by atoms with Gasteiger partial charge < -0.3 is 9.64 Å². The molecule has 1 amide bonds. The van der Waals surface area contributed by atoms with E-state index in [1.54, 1.807) is 0 Å². The molecule has 0 radical (unpaired) electrons. The molecular formula is C13H24N2O2S. The zero-order chi connectivity index (χ0) is 13.0. The van der Waals surface area contributed by atoms with Crippen molar-refractivity contribution in [1.82, 2.24) is 9.80 Å². The lowest BCUT2D eigenvalue weighted by atomic mass is 10.2. The van der Waals surface area contributed by atoms with Gasteiger partial charge in [-0.25, -0.2) is 0 Å². The predicted molar refractivity (Wildman–Crippen MR) is 75.0 cm³/mol. The minimum absolute atomic E-state index is 0.257. The summed E-state index contributed by atoms with van der Waals surface area (Å²) in [7, 11) is 2.09. The zero-order valence-electron chi connectivity index (χ0n) is 11.4. The fourth-order valence-electron chi connectivity index (χ4n) is 2.93. The highest BCUT2D eigenvalue weighted by Gasteiger charge is 2.31. The molecule has 2 rings (SSSR count). The number of carbonyl (C=O) groups is 1. The summed E-state index contributed by atoms with van der Waals surface area (Å²) in [4.78, 5) is 16.4. The van der Waals surface area contributed by atoms with Crippen LogP contribution in [-0.4, -0.2) is 73.2 Å². The molecule has 0 aromatic rings. The molecule has 0 unspecified atom stereocenters. The van der Waals surface area contributed by atoms with Crippen LogP contribution in [0.4, 0.5) is 0 Å². The van der Waals surface area contributed by atoms with Gasteiger partial charge in [-0.15, -0.1) is 0 Å². The molecule has 0 aromatic carbocycles. The molecular weight excluding hydrogens is 248 g/mol. The second-order valence-corrected chi connectivity index (χ2v) is 6.26. The van der Waals surface area contributed by atoms with Gasteiger partial charge in [-0.2, -0.15) is 11.8 Å². The van der Waals surface area contributed by atoms with Crippen molar-refractivity contribution in [3.05, 3.63) is 0 Å². The molecule has 18 heavy (non-hydrogen) atoms. The van der Waals surface area contributed by atoms with Crippen molar-refractivity contribution in [3.63, 3.8) is 0 Å². The second-order valence-electron chi connectivity index (χ2n) is 5.18. The Kier molecular flexibility index (Phi) is 5.33. The van der Waals surface area contributed by atoms with Crippen LogP contribution in [0.25, 0.3) is 0 Å². The van der Waals surface area contributed by atoms with Crippen molar-refractivity contribution in [2.75, 3.05) is 46.2 Å². The first kappa shape index (κ1) is 14.2. The van der Waals surface area contributed by atoms with E-state index >= 15 is 0 Å². The van der Waals surface area contributed by atoms with E-state index < -0.39 is 0 Å². The van der Waals surface area contributed by atoms with E-state index in [0.29, 0.717) is 31.1 Å². The molecule has 0 spiro atoms. The highest BCUT2D eigenvalue weighted by atomic mass is 32.2. The minimum atomic E-state index is 0.257. The van der Waals surface area contributed by atoms with Crippen molar-refractivity contribution in [1.29, 1.82) is 0 Å². The van der Waals surface area contributed by atoms with Gasteiger partial charge >= 0.3 is 0 Å². The summed E-state index contributed by atoms with van der Waals surface area (Å²) in [5, 5.41) is 0.701. The number of hydrogen-bond acceptors (Lipinski definition) is 4. The van der Waals surface area contributed by atoms with Crippen LogP contribution in [0.1, 0.15) is 19.3 Å². The minimum Gasteiger partial charge on any atom is -0.378 e. The molecule has 1 saturated carbocycles. The van der Waals surface area contributed by atoms with Crippen molar-refractivity contribution in [2.45, 2.75) is 30.6 Å². The third kappa shape index (κ3) is 3.39. The number of amides is 1. The lowest BCUT2D eigenvalue weighted by Crippen LogP contribution is -2.48. The smallest absolute Gasteiger partial charge is 0.236 e. The van der Waals surface area contributed by atoms with Gasteiger partial charge in [0.2, 0.25) is 5.91 Å². The summed E-state index contributed by atoms with van der Waals surface area (Å²) < 4.78 is 5.28. The predicted octanol–water partition coefficient (Wildman–Crippen LogP) is 1.06. The lowest BCUT2D eigenvalue weighted by molar-refractivity contribution is -0.136. The standard InChI is InChI=1S/C13H24N2O2S/c1-14(11-4-3-5-12(11)18-2)10-13(16)15-6-8-17-9-7-15/h11-12H,3-10H2,1-2H3/t11-,12+/m0/s1. The van der Waals surface area contributed by atoms with Crippen molar-refractivity contribution in [2.24, 2.45) is 0 Å². The number of thioether (sulfide) groups is 1. The van der Waals surface area contributed by atoms with E-state index in [1.807, 2.05) is 16.7 Å². The highest BCUT2D eigenvalue weighted by Crippen LogP contribution is 2.31. The quantitative estimate of drug-likeness (QED) is 0.766. The summed E-state index contributed by atoms with van der Waals surface area (Å²) in [6.07, 6.45) is 6.01. The molecule has 1 heterocycles. The van der Waals surface area contributed by atoms with Crippen LogP contribution >= 0.6 is 11.8 Å². The van der Waals surface area contributed by atoms with Gasteiger partial charge in [0.05, 0.1) is 19.8 Å². The molecule has 2 atom stereocenters. The molecule has 1 saturated heterocycles. The van der Waals surface area contributed by atoms with E-state index in [4.69, 9.17) is 4.74 Å². The summed E-state index contributed by atoms with van der Waals surface area (Å²) in [5.41, 5.74) is 0. The number of hydrogen-bond donors (Lipinski definition) is 0. The topological polar surface area (TPSA) is 32.8 Å². The fraction of sp³-hybridized carbons (Fsp3) is 0.923. The maximum absolute atomic E-state index is 12.2. The largest absolute Gasteiger partial charge is 0.378 e. The van der Waals surface area contributed by atoms with Gasteiger partial charge in [0, 0.05) is 24.4 Å². The molecule has 0 bridgehead atoms. The van der Waals surface area contributed by atoms with Crippen molar-refractivity contribution in [3.8, 4) is 0 Å². The maximum Gasteiger partial charge on any atom is 0.236 e. The molecule has 2 fully saturated rings. The molecule has 1 aliphatic heterocycles. The number of carbonyl (C=O) groups excluding carboxylic acids is 1. The van der Waals surface area contributed by atoms with Gasteiger partial charge in [0.15, 0.2) is 0 Å².